The van der Waals surface area contributed by atoms with E-state index >= 15 is 0 Å². The van der Waals surface area contributed by atoms with E-state index in [9.17, 15) is 9.59 Å². The molecule has 0 aliphatic heterocycles. The van der Waals surface area contributed by atoms with E-state index in [-0.39, 0.29) is 17.7 Å². The molecule has 0 aromatic heterocycles. The zero-order chi connectivity index (χ0) is 18.4. The first-order valence-corrected chi connectivity index (χ1v) is 8.39. The van der Waals surface area contributed by atoms with Crippen molar-refractivity contribution in [2.75, 3.05) is 10.6 Å². The minimum absolute atomic E-state index is 0.0449. The van der Waals surface area contributed by atoms with Crippen LogP contribution >= 0.6 is 11.6 Å². The van der Waals surface area contributed by atoms with Gasteiger partial charge in [-0.15, -0.1) is 0 Å². The van der Waals surface area contributed by atoms with Crippen molar-refractivity contribution in [2.45, 2.75) is 20.8 Å². The van der Waals surface area contributed by atoms with Crippen LogP contribution in [-0.4, -0.2) is 11.8 Å². The third kappa shape index (κ3) is 5.76. The molecule has 2 aromatic carbocycles. The molecular weight excluding hydrogens is 336 g/mol. The number of carbonyl (C=O) groups is 2. The van der Waals surface area contributed by atoms with Gasteiger partial charge in [-0.25, -0.2) is 0 Å². The number of benzene rings is 2. The van der Waals surface area contributed by atoms with E-state index in [1.807, 2.05) is 39.0 Å². The smallest absolute Gasteiger partial charge is 0.248 e. The molecule has 2 amide bonds. The largest absolute Gasteiger partial charge is 0.326 e. The number of carbonyl (C=O) groups excluding carboxylic acids is 2. The number of rotatable bonds is 5. The summed E-state index contributed by atoms with van der Waals surface area (Å²) in [6, 6.07) is 12.6. The lowest BCUT2D eigenvalue weighted by atomic mass is 10.1. The molecule has 0 atom stereocenters. The molecule has 5 heteroatoms. The highest BCUT2D eigenvalue weighted by atomic mass is 35.5. The average Bonchev–Trinajstić information content (AvgIpc) is 2.57. The molecular formula is C20H21ClN2O2. The Balaban J connectivity index is 1.94. The lowest BCUT2D eigenvalue weighted by Crippen LogP contribution is -2.17. The highest BCUT2D eigenvalue weighted by Crippen LogP contribution is 2.18. The normalized spacial score (nSPS) is 10.9. The molecule has 0 spiro atoms. The van der Waals surface area contributed by atoms with Crippen molar-refractivity contribution in [3.05, 3.63) is 64.7 Å². The summed E-state index contributed by atoms with van der Waals surface area (Å²) in [4.78, 5) is 23.6. The standard InChI is InChI=1S/C20H21ClN2O2/c1-13(2)20(25)23-17-9-7-16(8-10-17)22-19(24)11-6-15-5-4-14(3)18(21)12-15/h4-13H,1-3H3,(H,22,24)(H,23,25)/b11-6+. The van der Waals surface area contributed by atoms with Crippen molar-refractivity contribution >= 4 is 40.9 Å². The third-order valence-corrected chi connectivity index (χ3v) is 3.97. The molecule has 0 fully saturated rings. The molecule has 0 unspecified atom stereocenters. The number of amides is 2. The van der Waals surface area contributed by atoms with E-state index in [2.05, 4.69) is 10.6 Å². The van der Waals surface area contributed by atoms with Crippen LogP contribution in [-0.2, 0) is 9.59 Å². The van der Waals surface area contributed by atoms with E-state index in [0.717, 1.165) is 11.1 Å². The van der Waals surface area contributed by atoms with Crippen LogP contribution < -0.4 is 10.6 Å². The second-order valence-corrected chi connectivity index (χ2v) is 6.46. The zero-order valence-electron chi connectivity index (χ0n) is 14.5. The lowest BCUT2D eigenvalue weighted by molar-refractivity contribution is -0.119. The summed E-state index contributed by atoms with van der Waals surface area (Å²) < 4.78 is 0. The molecule has 130 valence electrons. The fraction of sp³-hybridized carbons (Fsp3) is 0.200. The van der Waals surface area contributed by atoms with Crippen LogP contribution in [0.25, 0.3) is 6.08 Å². The maximum atomic E-state index is 12.0. The first-order chi connectivity index (χ1) is 11.8. The van der Waals surface area contributed by atoms with Gasteiger partial charge in [0.15, 0.2) is 0 Å². The molecule has 0 saturated carbocycles. The fourth-order valence-corrected chi connectivity index (χ4v) is 2.18. The van der Waals surface area contributed by atoms with Crippen molar-refractivity contribution in [1.29, 1.82) is 0 Å². The maximum Gasteiger partial charge on any atom is 0.248 e. The van der Waals surface area contributed by atoms with Gasteiger partial charge in [0.05, 0.1) is 0 Å². The minimum Gasteiger partial charge on any atom is -0.326 e. The highest BCUT2D eigenvalue weighted by molar-refractivity contribution is 6.31. The van der Waals surface area contributed by atoms with E-state index in [1.165, 1.54) is 6.08 Å². The van der Waals surface area contributed by atoms with Gasteiger partial charge in [0.2, 0.25) is 11.8 Å². The van der Waals surface area contributed by atoms with E-state index in [0.29, 0.717) is 16.4 Å². The predicted octanol–water partition coefficient (Wildman–Crippen LogP) is 4.89. The third-order valence-electron chi connectivity index (χ3n) is 3.57. The summed E-state index contributed by atoms with van der Waals surface area (Å²) >= 11 is 6.06. The summed E-state index contributed by atoms with van der Waals surface area (Å²) in [5, 5.41) is 6.24. The number of anilines is 2. The molecule has 0 bridgehead atoms. The predicted molar refractivity (Wildman–Crippen MR) is 104 cm³/mol. The van der Waals surface area contributed by atoms with Crippen LogP contribution in [0.3, 0.4) is 0 Å². The van der Waals surface area contributed by atoms with Crippen molar-refractivity contribution in [3.63, 3.8) is 0 Å². The lowest BCUT2D eigenvalue weighted by Gasteiger charge is -2.08. The highest BCUT2D eigenvalue weighted by Gasteiger charge is 2.07. The van der Waals surface area contributed by atoms with Crippen LogP contribution in [0, 0.1) is 12.8 Å². The van der Waals surface area contributed by atoms with Crippen molar-refractivity contribution in [1.82, 2.24) is 0 Å². The van der Waals surface area contributed by atoms with Crippen LogP contribution in [0.4, 0.5) is 11.4 Å². The molecule has 0 radical (unpaired) electrons. The van der Waals surface area contributed by atoms with Crippen molar-refractivity contribution < 1.29 is 9.59 Å². The van der Waals surface area contributed by atoms with E-state index < -0.39 is 0 Å². The van der Waals surface area contributed by atoms with Crippen LogP contribution in [0.1, 0.15) is 25.0 Å². The second-order valence-electron chi connectivity index (χ2n) is 6.05. The molecule has 0 aliphatic rings. The Morgan fingerprint density at radius 1 is 1.00 bits per heavy atom. The van der Waals surface area contributed by atoms with Gasteiger partial charge in [-0.3, -0.25) is 9.59 Å². The van der Waals surface area contributed by atoms with Crippen LogP contribution in [0.15, 0.2) is 48.5 Å². The SMILES string of the molecule is Cc1ccc(/C=C/C(=O)Nc2ccc(NC(=O)C(C)C)cc2)cc1Cl. The van der Waals surface area contributed by atoms with Gasteiger partial charge in [0, 0.05) is 28.4 Å². The Bertz CT molecular complexity index is 796. The van der Waals surface area contributed by atoms with Crippen LogP contribution in [0.5, 0.6) is 0 Å². The Morgan fingerprint density at radius 3 is 2.16 bits per heavy atom. The van der Waals surface area contributed by atoms with Gasteiger partial charge >= 0.3 is 0 Å². The first kappa shape index (κ1) is 18.7. The Labute approximate surface area is 152 Å². The minimum atomic E-state index is -0.240. The summed E-state index contributed by atoms with van der Waals surface area (Å²) in [6.07, 6.45) is 3.16. The second kappa shape index (κ2) is 8.49. The van der Waals surface area contributed by atoms with Gasteiger partial charge in [0.1, 0.15) is 0 Å². The van der Waals surface area contributed by atoms with E-state index in [4.69, 9.17) is 11.6 Å². The summed E-state index contributed by atoms with van der Waals surface area (Å²) in [5.74, 6) is -0.369. The number of hydrogen-bond acceptors (Lipinski definition) is 2. The molecule has 4 nitrogen and oxygen atoms in total. The van der Waals surface area contributed by atoms with E-state index in [1.54, 1.807) is 30.3 Å². The number of nitrogens with one attached hydrogen (secondary N) is 2. The van der Waals surface area contributed by atoms with Crippen molar-refractivity contribution in [2.24, 2.45) is 5.92 Å². The number of aryl methyl sites for hydroxylation is 1. The molecule has 2 aromatic rings. The zero-order valence-corrected chi connectivity index (χ0v) is 15.2. The Morgan fingerprint density at radius 2 is 1.60 bits per heavy atom. The molecule has 0 heterocycles. The average molecular weight is 357 g/mol. The molecule has 2 rings (SSSR count). The quantitative estimate of drug-likeness (QED) is 0.749. The monoisotopic (exact) mass is 356 g/mol. The van der Waals surface area contributed by atoms with Crippen molar-refractivity contribution in [3.8, 4) is 0 Å². The summed E-state index contributed by atoms with van der Waals surface area (Å²) in [5.41, 5.74) is 3.20. The Hall–Kier alpha value is -2.59. The fourth-order valence-electron chi connectivity index (χ4n) is 1.99. The molecule has 0 aliphatic carbocycles. The Kier molecular flexibility index (Phi) is 6.37. The topological polar surface area (TPSA) is 58.2 Å². The van der Waals surface area contributed by atoms with Gasteiger partial charge in [-0.1, -0.05) is 37.6 Å². The molecule has 0 saturated heterocycles. The molecule has 2 N–H and O–H groups in total. The van der Waals surface area contributed by atoms with Crippen LogP contribution in [0.2, 0.25) is 5.02 Å². The number of hydrogen-bond donors (Lipinski definition) is 2. The number of halogens is 1. The molecule has 25 heavy (non-hydrogen) atoms. The van der Waals surface area contributed by atoms with Gasteiger partial charge in [-0.05, 0) is 54.5 Å². The first-order valence-electron chi connectivity index (χ1n) is 8.01. The summed E-state index contributed by atoms with van der Waals surface area (Å²) in [6.45, 7) is 5.59. The van der Waals surface area contributed by atoms with Gasteiger partial charge in [0.25, 0.3) is 0 Å². The maximum absolute atomic E-state index is 12.0. The van der Waals surface area contributed by atoms with Gasteiger partial charge < -0.3 is 10.6 Å². The summed E-state index contributed by atoms with van der Waals surface area (Å²) in [7, 11) is 0. The van der Waals surface area contributed by atoms with Gasteiger partial charge in [-0.2, -0.15) is 0 Å².